The molecular weight excluding hydrogens is 408 g/mol. The van der Waals surface area contributed by atoms with Crippen LogP contribution in [0.2, 0.25) is 0 Å². The molecule has 1 aliphatic rings. The Balaban J connectivity index is 0.00000108. The van der Waals surface area contributed by atoms with Gasteiger partial charge in [0.05, 0.1) is 0 Å². The van der Waals surface area contributed by atoms with Gasteiger partial charge in [0.2, 0.25) is 0 Å². The van der Waals surface area contributed by atoms with Gasteiger partial charge >= 0.3 is 0 Å². The SMILES string of the molecule is [Ir].[c-]1cscc1N1C=CN(c2ccccc2)[CH-]1. The molecule has 0 atom stereocenters. The van der Waals surface area contributed by atoms with Crippen molar-refractivity contribution in [2.75, 3.05) is 9.80 Å². The molecule has 89 valence electrons. The summed E-state index contributed by atoms with van der Waals surface area (Å²) >= 11 is 1.65. The van der Waals surface area contributed by atoms with Crippen molar-refractivity contribution in [2.45, 2.75) is 0 Å². The summed E-state index contributed by atoms with van der Waals surface area (Å²) in [5.74, 6) is 0. The minimum atomic E-state index is 0. The van der Waals surface area contributed by atoms with Crippen molar-refractivity contribution in [1.29, 1.82) is 0 Å². The van der Waals surface area contributed by atoms with Crippen LogP contribution in [0.5, 0.6) is 0 Å². The Hall–Kier alpha value is -1.09. The van der Waals surface area contributed by atoms with E-state index in [-0.39, 0.29) is 20.1 Å². The molecule has 0 aliphatic carbocycles. The molecule has 0 saturated heterocycles. The molecule has 2 heterocycles. The van der Waals surface area contributed by atoms with E-state index in [2.05, 4.69) is 33.4 Å². The standard InChI is InChI=1S/C13H10N2S.Ir/c1-2-4-12(5-3-1)14-7-8-15(11-14)13-6-9-16-10-13;/h1-5,7-11H;/q-2;. The number of nitrogens with zero attached hydrogens (tertiary/aromatic N) is 2. The van der Waals surface area contributed by atoms with Gasteiger partial charge < -0.3 is 9.80 Å². The van der Waals surface area contributed by atoms with Crippen LogP contribution < -0.4 is 9.80 Å². The zero-order valence-electron chi connectivity index (χ0n) is 8.91. The van der Waals surface area contributed by atoms with E-state index < -0.39 is 0 Å². The van der Waals surface area contributed by atoms with E-state index in [1.54, 1.807) is 11.3 Å². The Kier molecular flexibility index (Phi) is 4.00. The molecule has 0 unspecified atom stereocenters. The van der Waals surface area contributed by atoms with Crippen LogP contribution >= 0.6 is 11.3 Å². The maximum absolute atomic E-state index is 3.19. The molecule has 1 aromatic carbocycles. The van der Waals surface area contributed by atoms with E-state index in [0.29, 0.717) is 0 Å². The molecule has 2 nitrogen and oxygen atoms in total. The van der Waals surface area contributed by atoms with Gasteiger partial charge in [0.1, 0.15) is 0 Å². The van der Waals surface area contributed by atoms with E-state index in [1.165, 1.54) is 0 Å². The summed E-state index contributed by atoms with van der Waals surface area (Å²) < 4.78 is 0. The van der Waals surface area contributed by atoms with Crippen LogP contribution in [-0.2, 0) is 20.1 Å². The van der Waals surface area contributed by atoms with Crippen molar-refractivity contribution < 1.29 is 20.1 Å². The Morgan fingerprint density at radius 1 is 1.06 bits per heavy atom. The molecule has 0 bridgehead atoms. The minimum Gasteiger partial charge on any atom is -0.509 e. The Morgan fingerprint density at radius 2 is 1.82 bits per heavy atom. The molecule has 0 saturated carbocycles. The molecule has 2 aromatic rings. The first-order valence-corrected chi connectivity index (χ1v) is 5.97. The molecule has 17 heavy (non-hydrogen) atoms. The van der Waals surface area contributed by atoms with Crippen LogP contribution in [0.3, 0.4) is 0 Å². The van der Waals surface area contributed by atoms with Crippen LogP contribution in [0.1, 0.15) is 0 Å². The number of anilines is 2. The number of hydrogen-bond donors (Lipinski definition) is 0. The van der Waals surface area contributed by atoms with Gasteiger partial charge in [-0.05, 0) is 24.5 Å². The van der Waals surface area contributed by atoms with Gasteiger partial charge in [0, 0.05) is 25.8 Å². The van der Waals surface area contributed by atoms with Gasteiger partial charge in [-0.15, -0.1) is 17.4 Å². The quantitative estimate of drug-likeness (QED) is 0.690. The number of benzene rings is 1. The summed E-state index contributed by atoms with van der Waals surface area (Å²) in [7, 11) is 0. The van der Waals surface area contributed by atoms with E-state index in [4.69, 9.17) is 0 Å². The summed E-state index contributed by atoms with van der Waals surface area (Å²) in [6, 6.07) is 13.5. The van der Waals surface area contributed by atoms with Crippen molar-refractivity contribution in [2.24, 2.45) is 0 Å². The Bertz CT molecular complexity index is 481. The van der Waals surface area contributed by atoms with Gasteiger partial charge in [-0.1, -0.05) is 18.2 Å². The molecule has 1 radical (unpaired) electrons. The Labute approximate surface area is 119 Å². The van der Waals surface area contributed by atoms with Gasteiger partial charge in [0.15, 0.2) is 0 Å². The number of para-hydroxylation sites is 1. The summed E-state index contributed by atoms with van der Waals surface area (Å²) in [5, 5.41) is 4.04. The van der Waals surface area contributed by atoms with E-state index in [9.17, 15) is 0 Å². The summed E-state index contributed by atoms with van der Waals surface area (Å²) in [4.78, 5) is 4.15. The fraction of sp³-hybridized carbons (Fsp3) is 0. The topological polar surface area (TPSA) is 6.48 Å². The molecule has 4 heteroatoms. The normalized spacial score (nSPS) is 13.9. The third-order valence-electron chi connectivity index (χ3n) is 2.42. The average molecular weight is 419 g/mol. The largest absolute Gasteiger partial charge is 0.509 e. The van der Waals surface area contributed by atoms with Crippen molar-refractivity contribution in [3.05, 3.63) is 66.2 Å². The van der Waals surface area contributed by atoms with E-state index >= 15 is 0 Å². The van der Waals surface area contributed by atoms with Gasteiger partial charge in [-0.2, -0.15) is 5.69 Å². The van der Waals surface area contributed by atoms with Gasteiger partial charge in [-0.25, -0.2) is 6.07 Å². The predicted octanol–water partition coefficient (Wildman–Crippen LogP) is 3.46. The van der Waals surface area contributed by atoms with Crippen LogP contribution in [-0.4, -0.2) is 0 Å². The van der Waals surface area contributed by atoms with Crippen molar-refractivity contribution >= 4 is 22.7 Å². The smallest absolute Gasteiger partial charge is 0.0124 e. The van der Waals surface area contributed by atoms with Crippen molar-refractivity contribution in [3.63, 3.8) is 0 Å². The monoisotopic (exact) mass is 419 g/mol. The molecule has 0 N–H and O–H groups in total. The minimum absolute atomic E-state index is 0. The second kappa shape index (κ2) is 5.50. The van der Waals surface area contributed by atoms with Crippen LogP contribution in [0, 0.1) is 12.7 Å². The molecule has 3 rings (SSSR count). The van der Waals surface area contributed by atoms with Gasteiger partial charge in [0.25, 0.3) is 0 Å². The molecule has 0 spiro atoms. The second-order valence-corrected chi connectivity index (χ2v) is 4.21. The van der Waals surface area contributed by atoms with Crippen LogP contribution in [0.4, 0.5) is 11.4 Å². The zero-order chi connectivity index (χ0) is 10.8. The summed E-state index contributed by atoms with van der Waals surface area (Å²) in [6.07, 6.45) is 4.08. The number of rotatable bonds is 2. The van der Waals surface area contributed by atoms with Crippen molar-refractivity contribution in [3.8, 4) is 0 Å². The first kappa shape index (κ1) is 12.4. The molecule has 0 fully saturated rings. The fourth-order valence-electron chi connectivity index (χ4n) is 1.61. The number of hydrogen-bond acceptors (Lipinski definition) is 3. The van der Waals surface area contributed by atoms with Crippen LogP contribution in [0.15, 0.2) is 53.5 Å². The number of thiophene rings is 1. The predicted molar refractivity (Wildman–Crippen MR) is 68.0 cm³/mol. The second-order valence-electron chi connectivity index (χ2n) is 3.47. The third kappa shape index (κ3) is 2.60. The first-order chi connectivity index (χ1) is 7.93. The van der Waals surface area contributed by atoms with E-state index in [1.807, 2.05) is 42.6 Å². The summed E-state index contributed by atoms with van der Waals surface area (Å²) in [6.45, 7) is 2.05. The molecule has 1 aromatic heterocycles. The molecule has 0 amide bonds. The fourth-order valence-corrected chi connectivity index (χ4v) is 2.19. The third-order valence-corrected chi connectivity index (χ3v) is 3.04. The first-order valence-electron chi connectivity index (χ1n) is 5.02. The summed E-state index contributed by atoms with van der Waals surface area (Å²) in [5.41, 5.74) is 2.25. The van der Waals surface area contributed by atoms with Crippen LogP contribution in [0.25, 0.3) is 0 Å². The zero-order valence-corrected chi connectivity index (χ0v) is 12.1. The maximum Gasteiger partial charge on any atom is 0.0124 e. The van der Waals surface area contributed by atoms with Gasteiger partial charge in [-0.3, -0.25) is 11.3 Å². The van der Waals surface area contributed by atoms with Crippen molar-refractivity contribution in [1.82, 2.24) is 0 Å². The molecule has 1 aliphatic heterocycles. The Morgan fingerprint density at radius 3 is 2.53 bits per heavy atom. The maximum atomic E-state index is 3.19. The van der Waals surface area contributed by atoms with E-state index in [0.717, 1.165) is 11.4 Å². The molecular formula is C13H10IrN2S-2. The average Bonchev–Trinajstić information content (AvgIpc) is 3.01.